The number of carbonyl (C=O) groups is 2. The first-order chi connectivity index (χ1) is 16.9. The number of thiazole rings is 1. The number of ether oxygens (including phenoxy) is 2. The smallest absolute Gasteiger partial charge is 0.301 e. The third-order valence-electron chi connectivity index (χ3n) is 5.79. The molecule has 1 amide bonds. The molecule has 0 bridgehead atoms. The summed E-state index contributed by atoms with van der Waals surface area (Å²) in [5.41, 5.74) is 1.20. The Labute approximate surface area is 203 Å². The van der Waals surface area contributed by atoms with Crippen LogP contribution < -0.4 is 14.4 Å². The van der Waals surface area contributed by atoms with Crippen molar-refractivity contribution in [2.45, 2.75) is 6.04 Å². The first kappa shape index (κ1) is 22.5. The second-order valence-electron chi connectivity index (χ2n) is 7.75. The highest BCUT2D eigenvalue weighted by Crippen LogP contribution is 2.46. The number of nitrogens with zero attached hydrogens (tertiary/aromatic N) is 2. The molecule has 1 aromatic heterocycles. The summed E-state index contributed by atoms with van der Waals surface area (Å²) in [6.07, 6.45) is 0. The minimum Gasteiger partial charge on any atom is -0.507 e. The van der Waals surface area contributed by atoms with Gasteiger partial charge in [-0.25, -0.2) is 9.37 Å². The van der Waals surface area contributed by atoms with Gasteiger partial charge >= 0.3 is 5.91 Å². The average Bonchev–Trinajstić information content (AvgIpc) is 3.41. The predicted molar refractivity (Wildman–Crippen MR) is 130 cm³/mol. The first-order valence-electron chi connectivity index (χ1n) is 10.6. The van der Waals surface area contributed by atoms with E-state index in [1.165, 1.54) is 47.6 Å². The van der Waals surface area contributed by atoms with E-state index in [2.05, 4.69) is 4.98 Å². The van der Waals surface area contributed by atoms with Gasteiger partial charge in [-0.3, -0.25) is 14.5 Å². The molecule has 5 rings (SSSR count). The molecule has 0 saturated carbocycles. The van der Waals surface area contributed by atoms with Crippen LogP contribution in [0.5, 0.6) is 11.5 Å². The SMILES string of the molecule is COc1ccc2nc(N3C(=O)C(=O)C(=C(O)c4ccc(F)cc4)[C@H]3c3ccccc3OC)sc2c1. The predicted octanol–water partition coefficient (Wildman–Crippen LogP) is 5.08. The Morgan fingerprint density at radius 1 is 1.03 bits per heavy atom. The van der Waals surface area contributed by atoms with Gasteiger partial charge in [-0.2, -0.15) is 0 Å². The fraction of sp³-hybridized carbons (Fsp3) is 0.115. The molecule has 2 heterocycles. The van der Waals surface area contributed by atoms with Gasteiger partial charge in [0.1, 0.15) is 29.1 Å². The standard InChI is InChI=1S/C26H19FN2O5S/c1-33-16-11-12-18-20(13-16)35-26(28-18)29-22(17-5-3-4-6-19(17)34-2)21(24(31)25(29)32)23(30)14-7-9-15(27)10-8-14/h3-13,22,30H,1-2H3/t22-/m1/s1. The fourth-order valence-electron chi connectivity index (χ4n) is 4.10. The number of rotatable bonds is 5. The molecule has 1 fully saturated rings. The molecule has 4 aromatic rings. The summed E-state index contributed by atoms with van der Waals surface area (Å²) in [7, 11) is 3.04. The molecule has 1 saturated heterocycles. The summed E-state index contributed by atoms with van der Waals surface area (Å²) in [6.45, 7) is 0. The van der Waals surface area contributed by atoms with Gasteiger partial charge in [0.05, 0.1) is 30.0 Å². The molecule has 0 radical (unpaired) electrons. The molecule has 0 spiro atoms. The van der Waals surface area contributed by atoms with Crippen LogP contribution in [0.15, 0.2) is 72.3 Å². The zero-order chi connectivity index (χ0) is 24.7. The van der Waals surface area contributed by atoms with E-state index in [1.54, 1.807) is 49.6 Å². The Hall–Kier alpha value is -4.24. The van der Waals surface area contributed by atoms with Gasteiger partial charge in [0, 0.05) is 11.1 Å². The maximum atomic E-state index is 13.5. The van der Waals surface area contributed by atoms with Crippen molar-refractivity contribution >= 4 is 44.1 Å². The zero-order valence-electron chi connectivity index (χ0n) is 18.7. The van der Waals surface area contributed by atoms with Crippen molar-refractivity contribution in [2.24, 2.45) is 0 Å². The lowest BCUT2D eigenvalue weighted by Crippen LogP contribution is -2.29. The van der Waals surface area contributed by atoms with E-state index < -0.39 is 29.3 Å². The molecular formula is C26H19FN2O5S. The van der Waals surface area contributed by atoms with Gasteiger partial charge in [-0.05, 0) is 48.5 Å². The van der Waals surface area contributed by atoms with Crippen molar-refractivity contribution in [3.8, 4) is 11.5 Å². The van der Waals surface area contributed by atoms with Crippen LogP contribution in [-0.2, 0) is 9.59 Å². The Bertz CT molecular complexity index is 1500. The van der Waals surface area contributed by atoms with Gasteiger partial charge < -0.3 is 14.6 Å². The van der Waals surface area contributed by atoms with Crippen molar-refractivity contribution in [1.29, 1.82) is 0 Å². The molecule has 1 aliphatic rings. The minimum atomic E-state index is -1.02. The third kappa shape index (κ3) is 3.79. The van der Waals surface area contributed by atoms with Gasteiger partial charge in [-0.1, -0.05) is 29.5 Å². The minimum absolute atomic E-state index is 0.136. The number of ketones is 1. The number of para-hydroxylation sites is 1. The van der Waals surface area contributed by atoms with Crippen LogP contribution in [0.4, 0.5) is 9.52 Å². The number of anilines is 1. The van der Waals surface area contributed by atoms with Gasteiger partial charge in [0.15, 0.2) is 5.13 Å². The number of fused-ring (bicyclic) bond motifs is 1. The molecule has 3 aromatic carbocycles. The monoisotopic (exact) mass is 490 g/mol. The quantitative estimate of drug-likeness (QED) is 0.239. The molecule has 9 heteroatoms. The van der Waals surface area contributed by atoms with E-state index in [-0.39, 0.29) is 16.3 Å². The van der Waals surface area contributed by atoms with E-state index in [4.69, 9.17) is 9.47 Å². The van der Waals surface area contributed by atoms with Crippen LogP contribution in [0.1, 0.15) is 17.2 Å². The Morgan fingerprint density at radius 3 is 2.49 bits per heavy atom. The Kier molecular flexibility index (Phi) is 5.70. The summed E-state index contributed by atoms with van der Waals surface area (Å²) in [6, 6.07) is 16.3. The molecule has 7 nitrogen and oxygen atoms in total. The molecular weight excluding hydrogens is 471 g/mol. The average molecular weight is 491 g/mol. The normalized spacial score (nSPS) is 17.2. The van der Waals surface area contributed by atoms with Crippen LogP contribution in [0.3, 0.4) is 0 Å². The van der Waals surface area contributed by atoms with Crippen LogP contribution in [0, 0.1) is 5.82 Å². The second kappa shape index (κ2) is 8.84. The van der Waals surface area contributed by atoms with E-state index in [1.807, 2.05) is 0 Å². The molecule has 1 atom stereocenters. The lowest BCUT2D eigenvalue weighted by molar-refractivity contribution is -0.132. The molecule has 1 N–H and O–H groups in total. The number of carbonyl (C=O) groups excluding carboxylic acids is 2. The zero-order valence-corrected chi connectivity index (χ0v) is 19.5. The van der Waals surface area contributed by atoms with Gasteiger partial charge in [0.2, 0.25) is 0 Å². The summed E-state index contributed by atoms with van der Waals surface area (Å²) >= 11 is 1.22. The van der Waals surface area contributed by atoms with E-state index in [0.29, 0.717) is 22.6 Å². The maximum absolute atomic E-state index is 13.5. The highest BCUT2D eigenvalue weighted by Gasteiger charge is 2.49. The van der Waals surface area contributed by atoms with Crippen molar-refractivity contribution < 1.29 is 28.6 Å². The maximum Gasteiger partial charge on any atom is 0.301 e. The van der Waals surface area contributed by atoms with Crippen LogP contribution >= 0.6 is 11.3 Å². The number of hydrogen-bond donors (Lipinski definition) is 1. The van der Waals surface area contributed by atoms with Gasteiger partial charge in [0.25, 0.3) is 5.78 Å². The van der Waals surface area contributed by atoms with Crippen LogP contribution in [0.2, 0.25) is 0 Å². The number of methoxy groups -OCH3 is 2. The first-order valence-corrected chi connectivity index (χ1v) is 11.4. The molecule has 1 aliphatic heterocycles. The Morgan fingerprint density at radius 2 is 1.77 bits per heavy atom. The molecule has 176 valence electrons. The highest BCUT2D eigenvalue weighted by molar-refractivity contribution is 7.22. The van der Waals surface area contributed by atoms with Crippen molar-refractivity contribution in [1.82, 2.24) is 4.98 Å². The summed E-state index contributed by atoms with van der Waals surface area (Å²) < 4.78 is 25.0. The van der Waals surface area contributed by atoms with Crippen molar-refractivity contribution in [3.05, 3.63) is 89.2 Å². The van der Waals surface area contributed by atoms with Crippen molar-refractivity contribution in [3.63, 3.8) is 0 Å². The number of halogens is 1. The summed E-state index contributed by atoms with van der Waals surface area (Å²) in [5, 5.41) is 11.4. The van der Waals surface area contributed by atoms with E-state index in [9.17, 15) is 19.1 Å². The van der Waals surface area contributed by atoms with Crippen LogP contribution in [-0.4, -0.2) is 36.0 Å². The largest absolute Gasteiger partial charge is 0.507 e. The second-order valence-corrected chi connectivity index (χ2v) is 8.76. The number of Topliss-reactive ketones (excluding diaryl/α,β-unsaturated/α-hetero) is 1. The summed E-state index contributed by atoms with van der Waals surface area (Å²) in [4.78, 5) is 32.5. The topological polar surface area (TPSA) is 89.0 Å². The molecule has 0 aliphatic carbocycles. The number of amides is 1. The fourth-order valence-corrected chi connectivity index (χ4v) is 5.12. The molecule has 35 heavy (non-hydrogen) atoms. The van der Waals surface area contributed by atoms with Crippen LogP contribution in [0.25, 0.3) is 16.0 Å². The lowest BCUT2D eigenvalue weighted by Gasteiger charge is -2.24. The number of aromatic nitrogens is 1. The number of aliphatic hydroxyl groups excluding tert-OH is 1. The van der Waals surface area contributed by atoms with Gasteiger partial charge in [-0.15, -0.1) is 0 Å². The number of hydrogen-bond acceptors (Lipinski definition) is 7. The third-order valence-corrected chi connectivity index (χ3v) is 6.80. The van der Waals surface area contributed by atoms with Crippen molar-refractivity contribution in [2.75, 3.05) is 19.1 Å². The van der Waals surface area contributed by atoms with E-state index >= 15 is 0 Å². The lowest BCUT2D eigenvalue weighted by atomic mass is 9.94. The van der Waals surface area contributed by atoms with E-state index in [0.717, 1.165) is 4.70 Å². The number of aliphatic hydroxyl groups is 1. The summed E-state index contributed by atoms with van der Waals surface area (Å²) in [5.74, 6) is -1.56. The Balaban J connectivity index is 1.74. The highest BCUT2D eigenvalue weighted by atomic mass is 32.1. The molecule has 0 unspecified atom stereocenters. The number of benzene rings is 3.